The zero-order valence-corrected chi connectivity index (χ0v) is 21.4. The highest BCUT2D eigenvalue weighted by atomic mass is 35.5. The molecule has 186 valence electrons. The summed E-state index contributed by atoms with van der Waals surface area (Å²) in [5.41, 5.74) is 0.956. The van der Waals surface area contributed by atoms with Crippen molar-refractivity contribution in [2.75, 3.05) is 13.2 Å². The standard InChI is InChI=1S/C27H32ClN3O4/c1-5-35-25(33)15-14-24(32)30(17-16-18(2)3)19(4)26-29-23-9-7-6-8-22(23)27(34)31(26)21-12-10-20(28)11-13-21/h6-13,18-19H,5,14-17H2,1-4H3. The number of carbonyl (C=O) groups excluding carboxylic acids is 2. The molecule has 0 saturated carbocycles. The zero-order valence-electron chi connectivity index (χ0n) is 20.7. The molecular formula is C27H32ClN3O4. The molecule has 0 N–H and O–H groups in total. The Morgan fingerprint density at radius 3 is 2.40 bits per heavy atom. The van der Waals surface area contributed by atoms with E-state index in [1.165, 1.54) is 0 Å². The number of para-hydroxylation sites is 1. The van der Waals surface area contributed by atoms with Crippen molar-refractivity contribution in [3.05, 3.63) is 69.7 Å². The first-order valence-corrected chi connectivity index (χ1v) is 12.3. The smallest absolute Gasteiger partial charge is 0.306 e. The summed E-state index contributed by atoms with van der Waals surface area (Å²) < 4.78 is 6.53. The van der Waals surface area contributed by atoms with E-state index in [1.54, 1.807) is 58.9 Å². The van der Waals surface area contributed by atoms with Gasteiger partial charge in [-0.05, 0) is 62.6 Å². The Bertz CT molecular complexity index is 1240. The van der Waals surface area contributed by atoms with E-state index in [2.05, 4.69) is 13.8 Å². The fourth-order valence-corrected chi connectivity index (χ4v) is 4.05. The number of hydrogen-bond acceptors (Lipinski definition) is 5. The molecule has 1 unspecified atom stereocenters. The molecule has 0 aliphatic rings. The van der Waals surface area contributed by atoms with Gasteiger partial charge < -0.3 is 9.64 Å². The van der Waals surface area contributed by atoms with E-state index in [0.717, 1.165) is 6.42 Å². The normalized spacial score (nSPS) is 12.1. The minimum absolute atomic E-state index is 0.00666. The number of aromatic nitrogens is 2. The molecule has 0 fully saturated rings. The van der Waals surface area contributed by atoms with Crippen LogP contribution in [-0.2, 0) is 14.3 Å². The van der Waals surface area contributed by atoms with Crippen molar-refractivity contribution in [3.8, 4) is 5.69 Å². The van der Waals surface area contributed by atoms with Gasteiger partial charge >= 0.3 is 5.97 Å². The molecule has 1 aromatic heterocycles. The molecule has 2 aromatic carbocycles. The largest absolute Gasteiger partial charge is 0.466 e. The lowest BCUT2D eigenvalue weighted by atomic mass is 10.1. The van der Waals surface area contributed by atoms with Crippen molar-refractivity contribution < 1.29 is 14.3 Å². The average molecular weight is 498 g/mol. The molecule has 8 heteroatoms. The van der Waals surface area contributed by atoms with Crippen LogP contribution in [0.25, 0.3) is 16.6 Å². The zero-order chi connectivity index (χ0) is 25.5. The van der Waals surface area contributed by atoms with Gasteiger partial charge in [-0.3, -0.25) is 19.0 Å². The van der Waals surface area contributed by atoms with E-state index in [0.29, 0.717) is 39.9 Å². The van der Waals surface area contributed by atoms with Gasteiger partial charge in [-0.15, -0.1) is 0 Å². The third kappa shape index (κ3) is 6.48. The number of halogens is 1. The second-order valence-corrected chi connectivity index (χ2v) is 9.29. The number of nitrogens with zero attached hydrogens (tertiary/aromatic N) is 3. The molecule has 0 radical (unpaired) electrons. The van der Waals surface area contributed by atoms with Gasteiger partial charge in [0.15, 0.2) is 0 Å². The SMILES string of the molecule is CCOC(=O)CCC(=O)N(CCC(C)C)C(C)c1nc2ccccc2c(=O)n1-c1ccc(Cl)cc1. The van der Waals surface area contributed by atoms with Crippen molar-refractivity contribution in [2.24, 2.45) is 5.92 Å². The lowest BCUT2D eigenvalue weighted by molar-refractivity contribution is -0.146. The van der Waals surface area contributed by atoms with Crippen molar-refractivity contribution in [2.45, 2.75) is 53.0 Å². The second-order valence-electron chi connectivity index (χ2n) is 8.85. The number of ether oxygens (including phenoxy) is 1. The van der Waals surface area contributed by atoms with Gasteiger partial charge in [-0.1, -0.05) is 37.6 Å². The summed E-state index contributed by atoms with van der Waals surface area (Å²) in [5.74, 6) is 0.227. The topological polar surface area (TPSA) is 81.5 Å². The molecule has 1 atom stereocenters. The number of esters is 1. The number of hydrogen-bond donors (Lipinski definition) is 0. The van der Waals surface area contributed by atoms with Crippen molar-refractivity contribution in [1.82, 2.24) is 14.5 Å². The molecule has 1 heterocycles. The van der Waals surface area contributed by atoms with Gasteiger partial charge in [0.05, 0.1) is 35.7 Å². The Balaban J connectivity index is 2.09. The van der Waals surface area contributed by atoms with Crippen LogP contribution < -0.4 is 5.56 Å². The van der Waals surface area contributed by atoms with Gasteiger partial charge in [0, 0.05) is 18.0 Å². The average Bonchev–Trinajstić information content (AvgIpc) is 2.83. The van der Waals surface area contributed by atoms with E-state index in [-0.39, 0.29) is 30.9 Å². The molecule has 7 nitrogen and oxygen atoms in total. The van der Waals surface area contributed by atoms with Gasteiger partial charge in [-0.25, -0.2) is 4.98 Å². The van der Waals surface area contributed by atoms with Crippen LogP contribution in [0.15, 0.2) is 53.3 Å². The van der Waals surface area contributed by atoms with Crippen LogP contribution in [0.2, 0.25) is 5.02 Å². The maximum atomic E-state index is 13.6. The van der Waals surface area contributed by atoms with Gasteiger partial charge in [0.25, 0.3) is 5.56 Å². The summed E-state index contributed by atoms with van der Waals surface area (Å²) in [6.07, 6.45) is 0.807. The first-order chi connectivity index (χ1) is 16.7. The summed E-state index contributed by atoms with van der Waals surface area (Å²) in [5, 5.41) is 1.04. The molecule has 0 spiro atoms. The first-order valence-electron chi connectivity index (χ1n) is 12.0. The minimum Gasteiger partial charge on any atom is -0.466 e. The number of rotatable bonds is 10. The highest BCUT2D eigenvalue weighted by Gasteiger charge is 2.27. The van der Waals surface area contributed by atoms with Crippen molar-refractivity contribution in [3.63, 3.8) is 0 Å². The molecule has 0 aliphatic carbocycles. The van der Waals surface area contributed by atoms with Crippen LogP contribution in [0.3, 0.4) is 0 Å². The van der Waals surface area contributed by atoms with E-state index < -0.39 is 12.0 Å². The summed E-state index contributed by atoms with van der Waals surface area (Å²) >= 11 is 6.09. The highest BCUT2D eigenvalue weighted by Crippen LogP contribution is 2.25. The van der Waals surface area contributed by atoms with Crippen LogP contribution >= 0.6 is 11.6 Å². The first kappa shape index (κ1) is 26.4. The Hall–Kier alpha value is -3.19. The molecule has 3 aromatic rings. The van der Waals surface area contributed by atoms with Crippen LogP contribution in [-0.4, -0.2) is 39.5 Å². The van der Waals surface area contributed by atoms with E-state index >= 15 is 0 Å². The maximum absolute atomic E-state index is 13.6. The van der Waals surface area contributed by atoms with Gasteiger partial charge in [-0.2, -0.15) is 0 Å². The lowest BCUT2D eigenvalue weighted by Gasteiger charge is -2.31. The highest BCUT2D eigenvalue weighted by molar-refractivity contribution is 6.30. The number of fused-ring (bicyclic) bond motifs is 1. The minimum atomic E-state index is -0.517. The summed E-state index contributed by atoms with van der Waals surface area (Å²) in [7, 11) is 0. The predicted octanol–water partition coefficient (Wildman–Crippen LogP) is 5.32. The lowest BCUT2D eigenvalue weighted by Crippen LogP contribution is -2.38. The Morgan fingerprint density at radius 2 is 1.74 bits per heavy atom. The molecule has 3 rings (SSSR count). The van der Waals surface area contributed by atoms with Crippen LogP contribution in [0.1, 0.15) is 58.8 Å². The molecular weight excluding hydrogens is 466 g/mol. The summed E-state index contributed by atoms with van der Waals surface area (Å²) in [4.78, 5) is 45.3. The van der Waals surface area contributed by atoms with Crippen molar-refractivity contribution >= 4 is 34.4 Å². The predicted molar refractivity (Wildman–Crippen MR) is 138 cm³/mol. The quantitative estimate of drug-likeness (QED) is 0.354. The van der Waals surface area contributed by atoms with Crippen LogP contribution in [0.5, 0.6) is 0 Å². The van der Waals surface area contributed by atoms with Gasteiger partial charge in [0.2, 0.25) is 5.91 Å². The van der Waals surface area contributed by atoms with Crippen molar-refractivity contribution in [1.29, 1.82) is 0 Å². The third-order valence-corrected chi connectivity index (χ3v) is 6.10. The van der Waals surface area contributed by atoms with Gasteiger partial charge in [0.1, 0.15) is 5.82 Å². The molecule has 0 bridgehead atoms. The monoisotopic (exact) mass is 497 g/mol. The fourth-order valence-electron chi connectivity index (χ4n) is 3.93. The Kier molecular flexibility index (Phi) is 9.04. The van der Waals surface area contributed by atoms with E-state index in [4.69, 9.17) is 21.3 Å². The number of amides is 1. The molecule has 0 saturated heterocycles. The van der Waals surface area contributed by atoms with Crippen LogP contribution in [0.4, 0.5) is 0 Å². The third-order valence-electron chi connectivity index (χ3n) is 5.84. The van der Waals surface area contributed by atoms with E-state index in [1.807, 2.05) is 13.0 Å². The summed E-state index contributed by atoms with van der Waals surface area (Å²) in [6.45, 7) is 8.52. The van der Waals surface area contributed by atoms with Crippen LogP contribution in [0, 0.1) is 5.92 Å². The molecule has 1 amide bonds. The molecule has 0 aliphatic heterocycles. The fraction of sp³-hybridized carbons (Fsp3) is 0.407. The number of carbonyl (C=O) groups is 2. The Labute approximate surface area is 210 Å². The summed E-state index contributed by atoms with van der Waals surface area (Å²) in [6, 6.07) is 13.6. The molecule has 35 heavy (non-hydrogen) atoms. The second kappa shape index (κ2) is 12.0. The number of benzene rings is 2. The maximum Gasteiger partial charge on any atom is 0.306 e. The van der Waals surface area contributed by atoms with E-state index in [9.17, 15) is 14.4 Å². The Morgan fingerprint density at radius 1 is 1.06 bits per heavy atom.